The lowest BCUT2D eigenvalue weighted by molar-refractivity contribution is 0.182. The van der Waals surface area contributed by atoms with E-state index in [4.69, 9.17) is 0 Å². The fraction of sp³-hybridized carbons (Fsp3) is 0.625. The Hall–Kier alpha value is -1.06. The van der Waals surface area contributed by atoms with Crippen LogP contribution in [0, 0.1) is 0 Å². The minimum absolute atomic E-state index is 0.377. The average molecular weight is 260 g/mol. The summed E-state index contributed by atoms with van der Waals surface area (Å²) in [5, 5.41) is 9.64. The minimum Gasteiger partial charge on any atom is -0.508 e. The van der Waals surface area contributed by atoms with Crippen molar-refractivity contribution in [2.24, 2.45) is 0 Å². The lowest BCUT2D eigenvalue weighted by Gasteiger charge is -2.31. The van der Waals surface area contributed by atoms with Crippen molar-refractivity contribution in [3.8, 4) is 5.75 Å². The van der Waals surface area contributed by atoms with E-state index in [9.17, 15) is 5.11 Å². The standard InChI is InChI=1S/C16H24N2O/c1-13(14-5-2-7-16(19)11-14)18-10-4-9-17-8-3-6-15(17)12-18/h2,5,7,11,13,15,19H,3-4,6,8-10,12H2,1H3. The molecular formula is C16H24N2O. The highest BCUT2D eigenvalue weighted by Crippen LogP contribution is 2.28. The Labute approximate surface area is 115 Å². The van der Waals surface area contributed by atoms with Crippen molar-refractivity contribution in [2.75, 3.05) is 26.2 Å². The molecule has 19 heavy (non-hydrogen) atoms. The smallest absolute Gasteiger partial charge is 0.115 e. The van der Waals surface area contributed by atoms with Gasteiger partial charge in [0.2, 0.25) is 0 Å². The van der Waals surface area contributed by atoms with Crippen LogP contribution in [0.2, 0.25) is 0 Å². The summed E-state index contributed by atoms with van der Waals surface area (Å²) in [6, 6.07) is 8.87. The van der Waals surface area contributed by atoms with Crippen molar-refractivity contribution in [3.63, 3.8) is 0 Å². The molecule has 2 aliphatic rings. The maximum absolute atomic E-state index is 9.64. The van der Waals surface area contributed by atoms with Crippen LogP contribution in [-0.4, -0.2) is 47.1 Å². The molecule has 3 heteroatoms. The summed E-state index contributed by atoms with van der Waals surface area (Å²) in [5.41, 5.74) is 1.23. The summed E-state index contributed by atoms with van der Waals surface area (Å²) in [4.78, 5) is 5.25. The number of rotatable bonds is 2. The van der Waals surface area contributed by atoms with E-state index in [0.717, 1.165) is 6.04 Å². The number of phenols is 1. The molecule has 104 valence electrons. The Morgan fingerprint density at radius 1 is 1.21 bits per heavy atom. The van der Waals surface area contributed by atoms with E-state index in [0.29, 0.717) is 11.8 Å². The maximum atomic E-state index is 9.64. The molecule has 0 aromatic heterocycles. The highest BCUT2D eigenvalue weighted by molar-refractivity contribution is 5.29. The number of hydrogen-bond acceptors (Lipinski definition) is 3. The van der Waals surface area contributed by atoms with Gasteiger partial charge in [-0.3, -0.25) is 9.80 Å². The number of aromatic hydroxyl groups is 1. The molecule has 2 unspecified atom stereocenters. The third-order valence-corrected chi connectivity index (χ3v) is 4.74. The van der Waals surface area contributed by atoms with E-state index in [1.165, 1.54) is 51.0 Å². The van der Waals surface area contributed by atoms with Gasteiger partial charge in [-0.25, -0.2) is 0 Å². The van der Waals surface area contributed by atoms with Gasteiger partial charge in [0.05, 0.1) is 0 Å². The van der Waals surface area contributed by atoms with Crippen LogP contribution in [0.5, 0.6) is 5.75 Å². The van der Waals surface area contributed by atoms with Crippen LogP contribution in [0.25, 0.3) is 0 Å². The Kier molecular flexibility index (Phi) is 3.76. The lowest BCUT2D eigenvalue weighted by atomic mass is 10.1. The molecule has 0 bridgehead atoms. The lowest BCUT2D eigenvalue weighted by Crippen LogP contribution is -2.37. The fourth-order valence-corrected chi connectivity index (χ4v) is 3.58. The highest BCUT2D eigenvalue weighted by atomic mass is 16.3. The van der Waals surface area contributed by atoms with Crippen molar-refractivity contribution in [2.45, 2.75) is 38.3 Å². The van der Waals surface area contributed by atoms with Crippen LogP contribution >= 0.6 is 0 Å². The largest absolute Gasteiger partial charge is 0.508 e. The van der Waals surface area contributed by atoms with Crippen molar-refractivity contribution in [3.05, 3.63) is 29.8 Å². The quantitative estimate of drug-likeness (QED) is 0.885. The van der Waals surface area contributed by atoms with E-state index in [1.807, 2.05) is 12.1 Å². The first-order chi connectivity index (χ1) is 9.24. The summed E-state index contributed by atoms with van der Waals surface area (Å²) >= 11 is 0. The second-order valence-electron chi connectivity index (χ2n) is 5.95. The highest BCUT2D eigenvalue weighted by Gasteiger charge is 2.30. The van der Waals surface area contributed by atoms with Gasteiger partial charge in [0.15, 0.2) is 0 Å². The molecule has 2 atom stereocenters. The van der Waals surface area contributed by atoms with E-state index in [1.54, 1.807) is 6.07 Å². The van der Waals surface area contributed by atoms with Crippen molar-refractivity contribution in [1.29, 1.82) is 0 Å². The van der Waals surface area contributed by atoms with Gasteiger partial charge in [-0.1, -0.05) is 12.1 Å². The van der Waals surface area contributed by atoms with E-state index < -0.39 is 0 Å². The summed E-state index contributed by atoms with van der Waals surface area (Å²) in [7, 11) is 0. The van der Waals surface area contributed by atoms with Gasteiger partial charge in [-0.2, -0.15) is 0 Å². The zero-order valence-corrected chi connectivity index (χ0v) is 11.8. The zero-order valence-electron chi connectivity index (χ0n) is 11.8. The molecule has 1 aromatic carbocycles. The molecule has 3 nitrogen and oxygen atoms in total. The number of nitrogens with zero attached hydrogens (tertiary/aromatic N) is 2. The molecule has 0 radical (unpaired) electrons. The third-order valence-electron chi connectivity index (χ3n) is 4.74. The number of hydrogen-bond donors (Lipinski definition) is 1. The van der Waals surface area contributed by atoms with Crippen molar-refractivity contribution in [1.82, 2.24) is 9.80 Å². The van der Waals surface area contributed by atoms with Gasteiger partial charge < -0.3 is 5.11 Å². The van der Waals surface area contributed by atoms with Crippen LogP contribution in [0.15, 0.2) is 24.3 Å². The molecule has 0 amide bonds. The van der Waals surface area contributed by atoms with Crippen LogP contribution in [0.3, 0.4) is 0 Å². The third kappa shape index (κ3) is 2.77. The summed E-state index contributed by atoms with van der Waals surface area (Å²) in [6.45, 7) is 7.16. The van der Waals surface area contributed by atoms with Crippen LogP contribution in [0.4, 0.5) is 0 Å². The zero-order chi connectivity index (χ0) is 13.2. The number of phenolic OH excluding ortho intramolecular Hbond substituents is 1. The molecule has 1 aromatic rings. The first kappa shape index (κ1) is 12.9. The Morgan fingerprint density at radius 3 is 2.89 bits per heavy atom. The first-order valence-corrected chi connectivity index (χ1v) is 7.51. The Balaban J connectivity index is 1.73. The van der Waals surface area contributed by atoms with Crippen LogP contribution in [-0.2, 0) is 0 Å². The molecule has 0 saturated carbocycles. The molecule has 2 aliphatic heterocycles. The summed E-state index contributed by atoms with van der Waals surface area (Å²) in [6.07, 6.45) is 3.97. The topological polar surface area (TPSA) is 26.7 Å². The normalized spacial score (nSPS) is 26.9. The fourth-order valence-electron chi connectivity index (χ4n) is 3.58. The molecule has 0 spiro atoms. The SMILES string of the molecule is CC(c1cccc(O)c1)N1CCCN2CCCC2C1. The molecule has 2 heterocycles. The number of benzene rings is 1. The van der Waals surface area contributed by atoms with E-state index in [2.05, 4.69) is 22.8 Å². The first-order valence-electron chi connectivity index (χ1n) is 7.51. The Bertz CT molecular complexity index is 435. The van der Waals surface area contributed by atoms with Gasteiger partial charge in [-0.15, -0.1) is 0 Å². The average Bonchev–Trinajstić information content (AvgIpc) is 2.75. The molecule has 3 rings (SSSR count). The predicted molar refractivity (Wildman–Crippen MR) is 77.3 cm³/mol. The molecular weight excluding hydrogens is 236 g/mol. The number of fused-ring (bicyclic) bond motifs is 1. The van der Waals surface area contributed by atoms with E-state index >= 15 is 0 Å². The second kappa shape index (κ2) is 5.51. The second-order valence-corrected chi connectivity index (χ2v) is 5.95. The van der Waals surface area contributed by atoms with Gasteiger partial charge in [0.25, 0.3) is 0 Å². The van der Waals surface area contributed by atoms with Gasteiger partial charge in [0.1, 0.15) is 5.75 Å². The predicted octanol–water partition coefficient (Wildman–Crippen LogP) is 2.62. The van der Waals surface area contributed by atoms with Crippen molar-refractivity contribution < 1.29 is 5.11 Å². The van der Waals surface area contributed by atoms with Crippen LogP contribution < -0.4 is 0 Å². The minimum atomic E-state index is 0.377. The summed E-state index contributed by atoms with van der Waals surface area (Å²) < 4.78 is 0. The van der Waals surface area contributed by atoms with E-state index in [-0.39, 0.29) is 0 Å². The monoisotopic (exact) mass is 260 g/mol. The molecule has 0 aliphatic carbocycles. The maximum Gasteiger partial charge on any atom is 0.115 e. The van der Waals surface area contributed by atoms with Crippen molar-refractivity contribution >= 4 is 0 Å². The van der Waals surface area contributed by atoms with Gasteiger partial charge in [0, 0.05) is 25.2 Å². The van der Waals surface area contributed by atoms with Crippen LogP contribution in [0.1, 0.15) is 37.8 Å². The summed E-state index contributed by atoms with van der Waals surface area (Å²) in [5.74, 6) is 0.377. The van der Waals surface area contributed by atoms with Gasteiger partial charge >= 0.3 is 0 Å². The van der Waals surface area contributed by atoms with Gasteiger partial charge in [-0.05, 0) is 57.0 Å². The molecule has 2 saturated heterocycles. The Morgan fingerprint density at radius 2 is 2.05 bits per heavy atom. The molecule has 2 fully saturated rings. The molecule has 1 N–H and O–H groups in total.